The van der Waals surface area contributed by atoms with Gasteiger partial charge in [0.2, 0.25) is 0 Å². The maximum absolute atomic E-state index is 9.49. The molecule has 1 nitrogen and oxygen atoms in total. The normalized spacial score (nSPS) is 14.1. The molecule has 0 amide bonds. The van der Waals surface area contributed by atoms with Gasteiger partial charge >= 0.3 is 0 Å². The Morgan fingerprint density at radius 1 is 0.373 bits per heavy atom. The highest BCUT2D eigenvalue weighted by Crippen LogP contribution is 2.47. The van der Waals surface area contributed by atoms with Crippen LogP contribution in [-0.2, 0) is 0 Å². The molecule has 0 fully saturated rings. The van der Waals surface area contributed by atoms with Crippen molar-refractivity contribution in [1.82, 2.24) is 0 Å². The summed E-state index contributed by atoms with van der Waals surface area (Å²) >= 11 is 0. The summed E-state index contributed by atoms with van der Waals surface area (Å²) in [7, 11) is 0. The van der Waals surface area contributed by atoms with Crippen molar-refractivity contribution in [3.05, 3.63) is 182 Å². The van der Waals surface area contributed by atoms with E-state index in [1.807, 2.05) is 97.1 Å². The van der Waals surface area contributed by atoms with Gasteiger partial charge in [-0.2, -0.15) is 0 Å². The third-order valence-corrected chi connectivity index (χ3v) is 10.3. The highest BCUT2D eigenvalue weighted by atomic mass is 16.3. The minimum Gasteiger partial charge on any atom is -0.455 e. The van der Waals surface area contributed by atoms with E-state index < -0.39 is 24.2 Å². The molecule has 0 saturated heterocycles. The van der Waals surface area contributed by atoms with Crippen LogP contribution in [0.25, 0.3) is 109 Å². The third-order valence-electron chi connectivity index (χ3n) is 10.3. The van der Waals surface area contributed by atoms with Crippen molar-refractivity contribution < 1.29 is 15.4 Å². The lowest BCUT2D eigenvalue weighted by Crippen LogP contribution is -1.91. The molecule has 11 aromatic rings. The van der Waals surface area contributed by atoms with Gasteiger partial charge in [-0.05, 0) is 94.3 Å². The lowest BCUT2D eigenvalue weighted by Gasteiger charge is -2.18. The summed E-state index contributed by atoms with van der Waals surface area (Å²) in [6.07, 6.45) is 0. The van der Waals surface area contributed by atoms with Crippen LogP contribution in [0.2, 0.25) is 0 Å². The van der Waals surface area contributed by atoms with Gasteiger partial charge in [-0.15, -0.1) is 0 Å². The van der Waals surface area contributed by atoms with Crippen LogP contribution in [0.3, 0.4) is 0 Å². The Kier molecular flexibility index (Phi) is 4.57. The first-order valence-corrected chi connectivity index (χ1v) is 16.9. The van der Waals surface area contributed by atoms with Gasteiger partial charge in [0, 0.05) is 21.9 Å². The Hall–Kier alpha value is -6.70. The van der Waals surface area contributed by atoms with Crippen molar-refractivity contribution >= 4 is 75.8 Å². The molecule has 1 aromatic heterocycles. The second-order valence-electron chi connectivity index (χ2n) is 13.0. The zero-order valence-electron chi connectivity index (χ0n) is 35.1. The summed E-state index contributed by atoms with van der Waals surface area (Å²) < 4.78 is 80.2. The SMILES string of the molecule is [2H]c1c([2H])c([2H])c2c(-c3cccc4c3oc3ccc5ccccc5c34)c3c([2H])c([2H])c([2H])c([2H])c3c(-c3ccc4c(ccc5ccc(-c6ccccc6)cc54)c3)c2c1[2H]. The third kappa shape index (κ3) is 4.22. The number of hydrogen-bond acceptors (Lipinski definition) is 1. The summed E-state index contributed by atoms with van der Waals surface area (Å²) in [6.45, 7) is 0. The maximum Gasteiger partial charge on any atom is 0.143 e. The molecule has 1 heterocycles. The predicted octanol–water partition coefficient (Wildman–Crippen LogP) is 14.4. The average Bonchev–Trinajstić information content (AvgIpc) is 3.67. The van der Waals surface area contributed by atoms with Gasteiger partial charge in [0.1, 0.15) is 11.2 Å². The van der Waals surface area contributed by atoms with Crippen LogP contribution in [0, 0.1) is 0 Å². The van der Waals surface area contributed by atoms with Crippen molar-refractivity contribution in [1.29, 1.82) is 0 Å². The highest BCUT2D eigenvalue weighted by Gasteiger charge is 2.21. The molecule has 0 spiro atoms. The van der Waals surface area contributed by atoms with E-state index in [-0.39, 0.29) is 51.3 Å². The predicted molar refractivity (Wildman–Crippen MR) is 218 cm³/mol. The fraction of sp³-hybridized carbons (Fsp3) is 0. The van der Waals surface area contributed by atoms with Gasteiger partial charge in [-0.1, -0.05) is 164 Å². The van der Waals surface area contributed by atoms with E-state index in [9.17, 15) is 5.48 Å². The first-order chi connectivity index (χ1) is 28.6. The Morgan fingerprint density at radius 3 is 1.80 bits per heavy atom. The standard InChI is InChI=1S/C50H30O/c1-2-11-31(12-3-1)34-23-21-33-22-24-35-29-36(25-27-37(35)45(33)30-34)47-39-15-6-8-17-41(39)48(42-18-9-7-16-40(42)47)43-19-10-20-44-49-38-14-5-4-13-32(38)26-28-46(49)51-50(43)44/h1-30H/i6D,7D,8D,9D,15D,16D,17D,18D. The van der Waals surface area contributed by atoms with Crippen molar-refractivity contribution in [3.63, 3.8) is 0 Å². The topological polar surface area (TPSA) is 13.1 Å². The summed E-state index contributed by atoms with van der Waals surface area (Å²) in [4.78, 5) is 0. The maximum atomic E-state index is 9.49. The molecule has 0 aliphatic carbocycles. The van der Waals surface area contributed by atoms with Crippen molar-refractivity contribution in [3.8, 4) is 33.4 Å². The summed E-state index contributed by atoms with van der Waals surface area (Å²) in [6, 6.07) is 40.9. The van der Waals surface area contributed by atoms with Crippen LogP contribution in [0.15, 0.2) is 186 Å². The summed E-state index contributed by atoms with van der Waals surface area (Å²) in [5.41, 5.74) is 4.81. The van der Waals surface area contributed by atoms with E-state index in [0.717, 1.165) is 54.2 Å². The number of fused-ring (bicyclic) bond motifs is 10. The zero-order chi connectivity index (χ0) is 40.4. The van der Waals surface area contributed by atoms with Gasteiger partial charge < -0.3 is 4.42 Å². The first kappa shape index (κ1) is 21.4. The number of furan rings is 1. The summed E-state index contributed by atoms with van der Waals surface area (Å²) in [5.74, 6) is 0. The summed E-state index contributed by atoms with van der Waals surface area (Å²) in [5, 5.41) is 8.21. The number of benzene rings is 10. The average molecular weight is 655 g/mol. The minimum absolute atomic E-state index is 0.146. The fourth-order valence-electron chi connectivity index (χ4n) is 7.97. The van der Waals surface area contributed by atoms with E-state index in [0.29, 0.717) is 27.9 Å². The lowest BCUT2D eigenvalue weighted by molar-refractivity contribution is 0.670. The van der Waals surface area contributed by atoms with Gasteiger partial charge in [-0.3, -0.25) is 0 Å². The molecule has 0 aliphatic rings. The van der Waals surface area contributed by atoms with Gasteiger partial charge in [0.25, 0.3) is 0 Å². The van der Waals surface area contributed by atoms with Gasteiger partial charge in [0.05, 0.1) is 11.0 Å². The van der Waals surface area contributed by atoms with Crippen molar-refractivity contribution in [2.24, 2.45) is 0 Å². The number of hydrogen-bond donors (Lipinski definition) is 0. The molecule has 0 atom stereocenters. The first-order valence-electron chi connectivity index (χ1n) is 20.9. The molecule has 11 rings (SSSR count). The zero-order valence-corrected chi connectivity index (χ0v) is 27.1. The van der Waals surface area contributed by atoms with E-state index in [4.69, 9.17) is 9.90 Å². The van der Waals surface area contributed by atoms with Crippen molar-refractivity contribution in [2.45, 2.75) is 0 Å². The lowest BCUT2D eigenvalue weighted by atomic mass is 9.85. The molecule has 0 saturated carbocycles. The van der Waals surface area contributed by atoms with E-state index >= 15 is 0 Å². The monoisotopic (exact) mass is 654 g/mol. The molecule has 0 N–H and O–H groups in total. The van der Waals surface area contributed by atoms with Crippen molar-refractivity contribution in [2.75, 3.05) is 0 Å². The van der Waals surface area contributed by atoms with Gasteiger partial charge in [-0.25, -0.2) is 0 Å². The fourth-order valence-corrected chi connectivity index (χ4v) is 7.97. The van der Waals surface area contributed by atoms with Crippen LogP contribution < -0.4 is 0 Å². The molecule has 10 aromatic carbocycles. The molecule has 0 unspecified atom stereocenters. The van der Waals surface area contributed by atoms with Crippen LogP contribution in [0.4, 0.5) is 0 Å². The molecule has 0 radical (unpaired) electrons. The molecule has 1 heteroatoms. The van der Waals surface area contributed by atoms with Crippen LogP contribution >= 0.6 is 0 Å². The molecule has 51 heavy (non-hydrogen) atoms. The van der Waals surface area contributed by atoms with Crippen LogP contribution in [0.5, 0.6) is 0 Å². The Labute approximate surface area is 305 Å². The van der Waals surface area contributed by atoms with Crippen LogP contribution in [-0.4, -0.2) is 0 Å². The minimum atomic E-state index is -0.447. The van der Waals surface area contributed by atoms with E-state index in [2.05, 4.69) is 30.3 Å². The van der Waals surface area contributed by atoms with Crippen LogP contribution in [0.1, 0.15) is 11.0 Å². The largest absolute Gasteiger partial charge is 0.455 e. The Balaban J connectivity index is 1.29. The van der Waals surface area contributed by atoms with Gasteiger partial charge in [0.15, 0.2) is 0 Å². The quantitative estimate of drug-likeness (QED) is 0.136. The Morgan fingerprint density at radius 2 is 1.00 bits per heavy atom. The number of rotatable bonds is 3. The second-order valence-corrected chi connectivity index (χ2v) is 13.0. The molecule has 0 aliphatic heterocycles. The van der Waals surface area contributed by atoms with E-state index in [1.165, 1.54) is 0 Å². The smallest absolute Gasteiger partial charge is 0.143 e. The molecule has 0 bridgehead atoms. The number of para-hydroxylation sites is 1. The molecular weight excluding hydrogens is 617 g/mol. The van der Waals surface area contributed by atoms with E-state index in [1.54, 1.807) is 6.07 Å². The second kappa shape index (κ2) is 10.9. The molecular formula is C50H30O. The highest BCUT2D eigenvalue weighted by molar-refractivity contribution is 6.26. The molecule has 236 valence electrons. The Bertz CT molecular complexity index is 3570.